The standard InChI is InChI=1S/C18H29NO3/c1-5-20-10-6-7-14-8-9-15(13-19-14)21-16-11-17(12-16)22-18(2,3)4/h8-9,13,16-17H,5-7,10-12H2,1-4H3/t16-,17-. The Kier molecular flexibility index (Phi) is 6.21. The van der Waals surface area contributed by atoms with Crippen LogP contribution in [0.2, 0.25) is 0 Å². The van der Waals surface area contributed by atoms with Gasteiger partial charge in [-0.1, -0.05) is 0 Å². The van der Waals surface area contributed by atoms with Crippen molar-refractivity contribution >= 4 is 0 Å². The van der Waals surface area contributed by atoms with E-state index >= 15 is 0 Å². The molecule has 4 nitrogen and oxygen atoms in total. The first kappa shape index (κ1) is 17.2. The van der Waals surface area contributed by atoms with Gasteiger partial charge in [-0.3, -0.25) is 4.98 Å². The lowest BCUT2D eigenvalue weighted by molar-refractivity contribution is -0.126. The maximum Gasteiger partial charge on any atom is 0.138 e. The number of ether oxygens (including phenoxy) is 3. The van der Waals surface area contributed by atoms with Gasteiger partial charge in [-0.2, -0.15) is 0 Å². The molecule has 2 rings (SSSR count). The summed E-state index contributed by atoms with van der Waals surface area (Å²) in [7, 11) is 0. The van der Waals surface area contributed by atoms with Crippen LogP contribution < -0.4 is 4.74 Å². The van der Waals surface area contributed by atoms with Crippen LogP contribution in [0.1, 0.15) is 52.7 Å². The van der Waals surface area contributed by atoms with Crippen molar-refractivity contribution in [1.82, 2.24) is 4.98 Å². The Hall–Kier alpha value is -1.13. The highest BCUT2D eigenvalue weighted by Gasteiger charge is 2.34. The van der Waals surface area contributed by atoms with E-state index in [-0.39, 0.29) is 11.7 Å². The Morgan fingerprint density at radius 1 is 1.18 bits per heavy atom. The second-order valence-corrected chi connectivity index (χ2v) is 6.85. The molecule has 1 saturated carbocycles. The second kappa shape index (κ2) is 7.93. The summed E-state index contributed by atoms with van der Waals surface area (Å²) in [5.74, 6) is 0.854. The van der Waals surface area contributed by atoms with Gasteiger partial charge in [0.2, 0.25) is 0 Å². The van der Waals surface area contributed by atoms with Crippen molar-refractivity contribution in [2.75, 3.05) is 13.2 Å². The van der Waals surface area contributed by atoms with Crippen LogP contribution in [0, 0.1) is 0 Å². The summed E-state index contributed by atoms with van der Waals surface area (Å²) < 4.78 is 17.2. The number of hydrogen-bond acceptors (Lipinski definition) is 4. The summed E-state index contributed by atoms with van der Waals surface area (Å²) >= 11 is 0. The summed E-state index contributed by atoms with van der Waals surface area (Å²) in [6, 6.07) is 4.06. The number of pyridine rings is 1. The zero-order valence-electron chi connectivity index (χ0n) is 14.3. The maximum absolute atomic E-state index is 5.93. The van der Waals surface area contributed by atoms with Crippen molar-refractivity contribution in [2.24, 2.45) is 0 Å². The fourth-order valence-electron chi connectivity index (χ4n) is 2.53. The average Bonchev–Trinajstić information content (AvgIpc) is 2.41. The Morgan fingerprint density at radius 3 is 2.55 bits per heavy atom. The molecule has 4 heteroatoms. The molecule has 1 aromatic rings. The minimum absolute atomic E-state index is 0.0691. The molecular weight excluding hydrogens is 278 g/mol. The third-order valence-electron chi connectivity index (χ3n) is 3.60. The predicted octanol–water partition coefficient (Wildman–Crippen LogP) is 3.78. The third kappa shape index (κ3) is 5.93. The molecule has 0 atom stereocenters. The van der Waals surface area contributed by atoms with E-state index in [0.717, 1.165) is 50.3 Å². The number of nitrogens with zero attached hydrogens (tertiary/aromatic N) is 1. The summed E-state index contributed by atoms with van der Waals surface area (Å²) in [6.45, 7) is 9.87. The number of hydrogen-bond donors (Lipinski definition) is 0. The summed E-state index contributed by atoms with van der Waals surface area (Å²) in [6.07, 6.45) is 6.31. The molecular formula is C18H29NO3. The van der Waals surface area contributed by atoms with Crippen LogP contribution in [-0.2, 0) is 15.9 Å². The van der Waals surface area contributed by atoms with Crippen molar-refractivity contribution in [1.29, 1.82) is 0 Å². The first-order chi connectivity index (χ1) is 10.5. The van der Waals surface area contributed by atoms with Crippen LogP contribution in [0.3, 0.4) is 0 Å². The van der Waals surface area contributed by atoms with Gasteiger partial charge in [0, 0.05) is 31.7 Å². The summed E-state index contributed by atoms with van der Waals surface area (Å²) in [5.41, 5.74) is 1.02. The van der Waals surface area contributed by atoms with Crippen molar-refractivity contribution < 1.29 is 14.2 Å². The van der Waals surface area contributed by atoms with E-state index in [1.54, 1.807) is 0 Å². The molecule has 0 N–H and O–H groups in total. The smallest absolute Gasteiger partial charge is 0.138 e. The molecule has 1 heterocycles. The van der Waals surface area contributed by atoms with E-state index in [9.17, 15) is 0 Å². The normalized spacial score (nSPS) is 21.5. The Balaban J connectivity index is 1.67. The van der Waals surface area contributed by atoms with Crippen molar-refractivity contribution in [2.45, 2.75) is 71.2 Å². The molecule has 124 valence electrons. The summed E-state index contributed by atoms with van der Waals surface area (Å²) in [5, 5.41) is 0. The lowest BCUT2D eigenvalue weighted by atomic mass is 9.91. The lowest BCUT2D eigenvalue weighted by Gasteiger charge is -2.39. The highest BCUT2D eigenvalue weighted by molar-refractivity contribution is 5.20. The van der Waals surface area contributed by atoms with E-state index in [4.69, 9.17) is 14.2 Å². The molecule has 0 aliphatic heterocycles. The first-order valence-electron chi connectivity index (χ1n) is 8.33. The van der Waals surface area contributed by atoms with Crippen molar-refractivity contribution in [3.8, 4) is 5.75 Å². The monoisotopic (exact) mass is 307 g/mol. The van der Waals surface area contributed by atoms with Crippen molar-refractivity contribution in [3.63, 3.8) is 0 Å². The van der Waals surface area contributed by atoms with E-state index in [1.165, 1.54) is 0 Å². The molecule has 0 bridgehead atoms. The minimum Gasteiger partial charge on any atom is -0.489 e. The average molecular weight is 307 g/mol. The topological polar surface area (TPSA) is 40.6 Å². The zero-order valence-corrected chi connectivity index (χ0v) is 14.3. The molecule has 1 aliphatic carbocycles. The molecule has 0 saturated heterocycles. The van der Waals surface area contributed by atoms with Crippen LogP contribution >= 0.6 is 0 Å². The van der Waals surface area contributed by atoms with E-state index in [0.29, 0.717) is 6.10 Å². The van der Waals surface area contributed by atoms with Crippen LogP contribution in [0.15, 0.2) is 18.3 Å². The Bertz CT molecular complexity index is 433. The Labute approximate surface area is 134 Å². The van der Waals surface area contributed by atoms with Gasteiger partial charge in [-0.25, -0.2) is 0 Å². The van der Waals surface area contributed by atoms with E-state index < -0.39 is 0 Å². The van der Waals surface area contributed by atoms with Gasteiger partial charge >= 0.3 is 0 Å². The second-order valence-electron chi connectivity index (χ2n) is 6.85. The fourth-order valence-corrected chi connectivity index (χ4v) is 2.53. The predicted molar refractivity (Wildman–Crippen MR) is 87.3 cm³/mol. The minimum atomic E-state index is -0.0691. The van der Waals surface area contributed by atoms with Gasteiger partial charge in [0.05, 0.1) is 17.9 Å². The molecule has 1 aliphatic rings. The van der Waals surface area contributed by atoms with Crippen LogP contribution in [0.5, 0.6) is 5.75 Å². The zero-order chi connectivity index (χ0) is 16.0. The number of rotatable bonds is 8. The molecule has 1 aromatic heterocycles. The fraction of sp³-hybridized carbons (Fsp3) is 0.722. The van der Waals surface area contributed by atoms with Gasteiger partial charge < -0.3 is 14.2 Å². The molecule has 0 aromatic carbocycles. The Morgan fingerprint density at radius 2 is 1.95 bits per heavy atom. The van der Waals surface area contributed by atoms with Gasteiger partial charge in [-0.15, -0.1) is 0 Å². The molecule has 0 spiro atoms. The van der Waals surface area contributed by atoms with Gasteiger partial charge in [0.25, 0.3) is 0 Å². The van der Waals surface area contributed by atoms with Gasteiger partial charge in [0.15, 0.2) is 0 Å². The van der Waals surface area contributed by atoms with E-state index in [1.807, 2.05) is 25.3 Å². The third-order valence-corrected chi connectivity index (χ3v) is 3.60. The quantitative estimate of drug-likeness (QED) is 0.685. The molecule has 0 unspecified atom stereocenters. The number of aryl methyl sites for hydroxylation is 1. The molecule has 1 fully saturated rings. The highest BCUT2D eigenvalue weighted by Crippen LogP contribution is 2.30. The van der Waals surface area contributed by atoms with Crippen LogP contribution in [0.25, 0.3) is 0 Å². The molecule has 0 radical (unpaired) electrons. The van der Waals surface area contributed by atoms with Crippen molar-refractivity contribution in [3.05, 3.63) is 24.0 Å². The maximum atomic E-state index is 5.93. The highest BCUT2D eigenvalue weighted by atomic mass is 16.5. The lowest BCUT2D eigenvalue weighted by Crippen LogP contribution is -2.43. The van der Waals surface area contributed by atoms with E-state index in [2.05, 4.69) is 25.8 Å². The largest absolute Gasteiger partial charge is 0.489 e. The van der Waals surface area contributed by atoms with Crippen LogP contribution in [0.4, 0.5) is 0 Å². The molecule has 0 amide bonds. The van der Waals surface area contributed by atoms with Gasteiger partial charge in [0.1, 0.15) is 11.9 Å². The molecule has 22 heavy (non-hydrogen) atoms. The van der Waals surface area contributed by atoms with Gasteiger partial charge in [-0.05, 0) is 52.7 Å². The van der Waals surface area contributed by atoms with Crippen LogP contribution in [-0.4, -0.2) is 36.0 Å². The first-order valence-corrected chi connectivity index (χ1v) is 8.33. The SMILES string of the molecule is CCOCCCc1ccc(O[C@H]2C[C@H](OC(C)(C)C)C2)cn1. The number of aromatic nitrogens is 1. The summed E-state index contributed by atoms with van der Waals surface area (Å²) in [4.78, 5) is 4.45.